The number of benzene rings is 2. The van der Waals surface area contributed by atoms with Crippen LogP contribution in [0.3, 0.4) is 0 Å². The SMILES string of the molecule is O=C(O)CCN[C@H]1COc2cc(-c3noc(-c4onc(-c5ccccc5)c4C(F)(F)F)n3)ccc2[C@@H]1O. The fourth-order valence-electron chi connectivity index (χ4n) is 3.99. The molecular weight excluding hydrogens is 497 g/mol. The average molecular weight is 516 g/mol. The van der Waals surface area contributed by atoms with Gasteiger partial charge < -0.3 is 29.3 Å². The second-order valence-corrected chi connectivity index (χ2v) is 8.24. The van der Waals surface area contributed by atoms with Crippen molar-refractivity contribution in [2.75, 3.05) is 13.2 Å². The summed E-state index contributed by atoms with van der Waals surface area (Å²) < 4.78 is 57.7. The molecule has 1 aliphatic heterocycles. The molecule has 4 aromatic rings. The molecule has 192 valence electrons. The van der Waals surface area contributed by atoms with Crippen LogP contribution in [-0.4, -0.2) is 50.7 Å². The van der Waals surface area contributed by atoms with Crippen molar-refractivity contribution >= 4 is 5.97 Å². The molecule has 0 amide bonds. The Morgan fingerprint density at radius 3 is 2.59 bits per heavy atom. The fourth-order valence-corrected chi connectivity index (χ4v) is 3.99. The first kappa shape index (κ1) is 24.5. The number of ether oxygens (including phenoxy) is 1. The van der Waals surface area contributed by atoms with Crippen LogP contribution in [0.15, 0.2) is 57.6 Å². The zero-order chi connectivity index (χ0) is 26.2. The van der Waals surface area contributed by atoms with Crippen LogP contribution in [0.5, 0.6) is 5.75 Å². The summed E-state index contributed by atoms with van der Waals surface area (Å²) in [6.45, 7) is 0.233. The first-order chi connectivity index (χ1) is 17.7. The van der Waals surface area contributed by atoms with E-state index in [2.05, 4.69) is 20.6 Å². The van der Waals surface area contributed by atoms with Crippen LogP contribution in [0.4, 0.5) is 13.2 Å². The highest BCUT2D eigenvalue weighted by Crippen LogP contribution is 2.43. The number of hydrogen-bond acceptors (Lipinski definition) is 9. The van der Waals surface area contributed by atoms with Gasteiger partial charge in [0.05, 0.1) is 12.5 Å². The van der Waals surface area contributed by atoms with E-state index in [0.29, 0.717) is 16.9 Å². The number of hydrogen-bond donors (Lipinski definition) is 3. The minimum absolute atomic E-state index is 0.0246. The monoisotopic (exact) mass is 516 g/mol. The van der Waals surface area contributed by atoms with E-state index in [-0.39, 0.29) is 31.0 Å². The molecule has 5 rings (SSSR count). The summed E-state index contributed by atoms with van der Waals surface area (Å²) >= 11 is 0. The third-order valence-corrected chi connectivity index (χ3v) is 5.78. The van der Waals surface area contributed by atoms with Crippen molar-refractivity contribution in [3.05, 3.63) is 59.7 Å². The second-order valence-electron chi connectivity index (χ2n) is 8.24. The molecule has 0 aliphatic carbocycles. The van der Waals surface area contributed by atoms with E-state index in [0.717, 1.165) is 0 Å². The van der Waals surface area contributed by atoms with Crippen molar-refractivity contribution in [1.29, 1.82) is 0 Å². The molecule has 2 aromatic carbocycles. The molecule has 3 N–H and O–H groups in total. The molecule has 2 atom stereocenters. The zero-order valence-electron chi connectivity index (χ0n) is 18.9. The maximum Gasteiger partial charge on any atom is 0.422 e. The predicted octanol–water partition coefficient (Wildman–Crippen LogP) is 3.94. The zero-order valence-corrected chi connectivity index (χ0v) is 18.9. The summed E-state index contributed by atoms with van der Waals surface area (Å²) in [5.74, 6) is -1.87. The van der Waals surface area contributed by atoms with Crippen LogP contribution >= 0.6 is 0 Å². The molecule has 0 radical (unpaired) electrons. The Morgan fingerprint density at radius 2 is 1.86 bits per heavy atom. The maximum atomic E-state index is 14.0. The van der Waals surface area contributed by atoms with E-state index in [1.54, 1.807) is 30.3 Å². The highest BCUT2D eigenvalue weighted by atomic mass is 19.4. The molecular formula is C24H19F3N4O6. The van der Waals surface area contributed by atoms with Crippen LogP contribution < -0.4 is 10.1 Å². The Bertz CT molecular complexity index is 1420. The molecule has 10 nitrogen and oxygen atoms in total. The van der Waals surface area contributed by atoms with E-state index >= 15 is 0 Å². The maximum absolute atomic E-state index is 14.0. The molecule has 0 spiro atoms. The summed E-state index contributed by atoms with van der Waals surface area (Å²) in [5, 5.41) is 29.7. The summed E-state index contributed by atoms with van der Waals surface area (Å²) in [6.07, 6.45) is -5.88. The molecule has 37 heavy (non-hydrogen) atoms. The molecule has 0 unspecified atom stereocenters. The van der Waals surface area contributed by atoms with Crippen LogP contribution in [0, 0.1) is 0 Å². The number of carbonyl (C=O) groups is 1. The average Bonchev–Trinajstić information content (AvgIpc) is 3.53. The van der Waals surface area contributed by atoms with Gasteiger partial charge in [0.2, 0.25) is 11.6 Å². The van der Waals surface area contributed by atoms with Crippen molar-refractivity contribution in [2.45, 2.75) is 24.7 Å². The second kappa shape index (κ2) is 9.67. The Kier molecular flexibility index (Phi) is 6.39. The molecule has 0 saturated heterocycles. The van der Waals surface area contributed by atoms with Gasteiger partial charge in [-0.15, -0.1) is 0 Å². The Morgan fingerprint density at radius 1 is 1.08 bits per heavy atom. The number of carboxylic acids is 1. The largest absolute Gasteiger partial charge is 0.491 e. The lowest BCUT2D eigenvalue weighted by Crippen LogP contribution is -2.43. The van der Waals surface area contributed by atoms with E-state index in [1.807, 2.05) is 0 Å². The first-order valence-electron chi connectivity index (χ1n) is 11.1. The Labute approximate surface area is 206 Å². The van der Waals surface area contributed by atoms with Gasteiger partial charge >= 0.3 is 12.1 Å². The van der Waals surface area contributed by atoms with Crippen LogP contribution in [-0.2, 0) is 11.0 Å². The Balaban J connectivity index is 1.41. The number of aliphatic hydroxyl groups excluding tert-OH is 1. The fraction of sp³-hybridized carbons (Fsp3) is 0.250. The number of aliphatic carboxylic acids is 1. The number of alkyl halides is 3. The summed E-state index contributed by atoms with van der Waals surface area (Å²) in [6, 6.07) is 11.9. The molecule has 3 heterocycles. The quantitative estimate of drug-likeness (QED) is 0.330. The summed E-state index contributed by atoms with van der Waals surface area (Å²) in [7, 11) is 0. The lowest BCUT2D eigenvalue weighted by Gasteiger charge is -2.31. The van der Waals surface area contributed by atoms with Crippen molar-refractivity contribution in [3.8, 4) is 40.0 Å². The predicted molar refractivity (Wildman–Crippen MR) is 120 cm³/mol. The van der Waals surface area contributed by atoms with Crippen molar-refractivity contribution in [1.82, 2.24) is 20.6 Å². The van der Waals surface area contributed by atoms with Crippen LogP contribution in [0.1, 0.15) is 23.7 Å². The summed E-state index contributed by atoms with van der Waals surface area (Å²) in [4.78, 5) is 14.8. The highest BCUT2D eigenvalue weighted by molar-refractivity contribution is 5.71. The number of nitrogens with zero attached hydrogens (tertiary/aromatic N) is 3. The van der Waals surface area contributed by atoms with Gasteiger partial charge in [-0.3, -0.25) is 4.79 Å². The number of halogens is 3. The number of carboxylic acid groups (broad SMARTS) is 1. The van der Waals surface area contributed by atoms with Crippen molar-refractivity contribution in [3.63, 3.8) is 0 Å². The summed E-state index contributed by atoms with van der Waals surface area (Å²) in [5.41, 5.74) is -0.494. The van der Waals surface area contributed by atoms with E-state index in [1.165, 1.54) is 18.2 Å². The van der Waals surface area contributed by atoms with Gasteiger partial charge in [-0.2, -0.15) is 18.2 Å². The van der Waals surface area contributed by atoms with E-state index < -0.39 is 47.2 Å². The third-order valence-electron chi connectivity index (χ3n) is 5.78. The van der Waals surface area contributed by atoms with Gasteiger partial charge in [0.25, 0.3) is 5.89 Å². The van der Waals surface area contributed by atoms with Gasteiger partial charge in [0.15, 0.2) is 0 Å². The van der Waals surface area contributed by atoms with E-state index in [4.69, 9.17) is 18.9 Å². The first-order valence-corrected chi connectivity index (χ1v) is 11.1. The normalized spacial score (nSPS) is 17.3. The number of aromatic nitrogens is 3. The lowest BCUT2D eigenvalue weighted by molar-refractivity contribution is -0.137. The number of nitrogens with one attached hydrogen (secondary N) is 1. The van der Waals surface area contributed by atoms with Crippen molar-refractivity contribution in [2.24, 2.45) is 0 Å². The third kappa shape index (κ3) is 4.90. The molecule has 2 aromatic heterocycles. The van der Waals surface area contributed by atoms with Gasteiger partial charge in [-0.05, 0) is 6.07 Å². The van der Waals surface area contributed by atoms with Gasteiger partial charge in [0.1, 0.15) is 29.7 Å². The van der Waals surface area contributed by atoms with Crippen LogP contribution in [0.25, 0.3) is 34.3 Å². The number of aliphatic hydroxyl groups is 1. The number of fused-ring (bicyclic) bond motifs is 1. The smallest absolute Gasteiger partial charge is 0.422 e. The van der Waals surface area contributed by atoms with Gasteiger partial charge in [-0.25, -0.2) is 0 Å². The molecule has 0 fully saturated rings. The lowest BCUT2D eigenvalue weighted by atomic mass is 9.97. The topological polar surface area (TPSA) is 144 Å². The van der Waals surface area contributed by atoms with Gasteiger partial charge in [-0.1, -0.05) is 52.8 Å². The van der Waals surface area contributed by atoms with Crippen LogP contribution in [0.2, 0.25) is 0 Å². The molecule has 0 bridgehead atoms. The standard InChI is InChI=1S/C24H19F3N4O6/c25-24(26,27)18-19(12-4-2-1-3-5-12)30-36-21(18)23-29-22(31-37-23)13-6-7-14-16(10-13)35-11-15(20(14)34)28-9-8-17(32)33/h1-7,10,15,20,28,34H,8-9,11H2,(H,32,33)/t15-,20-/m0/s1. The minimum atomic E-state index is -4.81. The minimum Gasteiger partial charge on any atom is -0.491 e. The van der Waals surface area contributed by atoms with E-state index in [9.17, 15) is 23.1 Å². The molecule has 13 heteroatoms. The van der Waals surface area contributed by atoms with Gasteiger partial charge in [0, 0.05) is 23.2 Å². The molecule has 1 aliphatic rings. The highest BCUT2D eigenvalue weighted by Gasteiger charge is 2.43. The number of rotatable bonds is 7. The van der Waals surface area contributed by atoms with Crippen molar-refractivity contribution < 1.29 is 42.0 Å². The Hall–Kier alpha value is -4.23. The molecule has 0 saturated carbocycles.